The number of imidazole rings is 1. The van der Waals surface area contributed by atoms with Crippen molar-refractivity contribution in [2.24, 2.45) is 0 Å². The van der Waals surface area contributed by atoms with Crippen LogP contribution in [-0.2, 0) is 12.8 Å². The molecule has 0 saturated heterocycles. The fourth-order valence-electron chi connectivity index (χ4n) is 2.96. The molecule has 130 valence electrons. The first-order valence-electron chi connectivity index (χ1n) is 8.56. The summed E-state index contributed by atoms with van der Waals surface area (Å²) in [5.41, 5.74) is 5.17. The highest BCUT2D eigenvalue weighted by atomic mass is 16.3. The Morgan fingerprint density at radius 2 is 2.04 bits per heavy atom. The van der Waals surface area contributed by atoms with Crippen LogP contribution in [0.25, 0.3) is 11.0 Å². The van der Waals surface area contributed by atoms with Gasteiger partial charge >= 0.3 is 0 Å². The molecule has 0 aliphatic rings. The zero-order chi connectivity index (χ0) is 17.9. The minimum absolute atomic E-state index is 0.250. The number of hydrogen-bond donors (Lipinski definition) is 2. The highest BCUT2D eigenvalue weighted by molar-refractivity contribution is 6.02. The maximum Gasteiger partial charge on any atom is 0.291 e. The topological polar surface area (TPSA) is 70.9 Å². The van der Waals surface area contributed by atoms with Crippen LogP contribution in [0.5, 0.6) is 0 Å². The molecule has 0 bridgehead atoms. The normalized spacial score (nSPS) is 11.0. The number of carbonyl (C=O) groups excluding carboxylic acids is 1. The summed E-state index contributed by atoms with van der Waals surface area (Å²) in [6.07, 6.45) is 3.13. The molecular formula is C21H19N3O2. The lowest BCUT2D eigenvalue weighted by atomic mass is 10.1. The number of anilines is 1. The van der Waals surface area contributed by atoms with Crippen LogP contribution >= 0.6 is 0 Å². The largest absolute Gasteiger partial charge is 0.459 e. The average molecular weight is 345 g/mol. The molecule has 4 rings (SSSR count). The second kappa shape index (κ2) is 6.88. The first-order valence-corrected chi connectivity index (χ1v) is 8.56. The van der Waals surface area contributed by atoms with Gasteiger partial charge in [-0.25, -0.2) is 4.98 Å². The molecule has 0 radical (unpaired) electrons. The Kier molecular flexibility index (Phi) is 4.27. The molecule has 2 N–H and O–H groups in total. The van der Waals surface area contributed by atoms with Crippen molar-refractivity contribution in [3.05, 3.63) is 83.6 Å². The summed E-state index contributed by atoms with van der Waals surface area (Å²) in [5, 5.41) is 2.85. The van der Waals surface area contributed by atoms with Crippen LogP contribution in [0.1, 0.15) is 27.5 Å². The van der Waals surface area contributed by atoms with E-state index in [0.29, 0.717) is 5.76 Å². The second-order valence-electron chi connectivity index (χ2n) is 6.34. The molecule has 1 amide bonds. The zero-order valence-corrected chi connectivity index (χ0v) is 14.5. The summed E-state index contributed by atoms with van der Waals surface area (Å²) in [6, 6.07) is 17.4. The Morgan fingerprint density at radius 3 is 2.88 bits per heavy atom. The smallest absolute Gasteiger partial charge is 0.291 e. The monoisotopic (exact) mass is 345 g/mol. The summed E-state index contributed by atoms with van der Waals surface area (Å²) in [4.78, 5) is 20.1. The van der Waals surface area contributed by atoms with Gasteiger partial charge in [-0.2, -0.15) is 0 Å². The van der Waals surface area contributed by atoms with Gasteiger partial charge in [0.15, 0.2) is 5.76 Å². The van der Waals surface area contributed by atoms with E-state index in [1.165, 1.54) is 11.8 Å². The van der Waals surface area contributed by atoms with Crippen LogP contribution in [0.2, 0.25) is 0 Å². The van der Waals surface area contributed by atoms with Gasteiger partial charge < -0.3 is 14.7 Å². The van der Waals surface area contributed by atoms with Crippen molar-refractivity contribution < 1.29 is 9.21 Å². The number of nitrogens with one attached hydrogen (secondary N) is 2. The number of rotatable bonds is 5. The fraction of sp³-hybridized carbons (Fsp3) is 0.143. The first kappa shape index (κ1) is 16.1. The minimum atomic E-state index is -0.250. The Bertz CT molecular complexity index is 1050. The predicted molar refractivity (Wildman–Crippen MR) is 101 cm³/mol. The number of fused-ring (bicyclic) bond motifs is 1. The van der Waals surface area contributed by atoms with Gasteiger partial charge in [0.05, 0.1) is 17.3 Å². The van der Waals surface area contributed by atoms with Gasteiger partial charge in [-0.05, 0) is 60.9 Å². The van der Waals surface area contributed by atoms with Crippen LogP contribution in [0.4, 0.5) is 5.69 Å². The van der Waals surface area contributed by atoms with Gasteiger partial charge in [0.25, 0.3) is 5.91 Å². The number of aromatic nitrogens is 2. The third-order valence-electron chi connectivity index (χ3n) is 4.27. The molecule has 0 spiro atoms. The number of carbonyl (C=O) groups is 1. The van der Waals surface area contributed by atoms with E-state index in [2.05, 4.69) is 40.4 Å². The standard InChI is InChI=1S/C21H19N3O2/c1-14-7-9-17-18(12-14)24-20(23-17)10-8-15-4-2-5-16(13-15)22-21(25)19-6-3-11-26-19/h2-7,9,11-13H,8,10H2,1H3,(H,22,25)(H,23,24). The van der Waals surface area contributed by atoms with Gasteiger partial charge in [0.1, 0.15) is 5.82 Å². The lowest BCUT2D eigenvalue weighted by Gasteiger charge is -2.06. The highest BCUT2D eigenvalue weighted by Crippen LogP contribution is 2.17. The Morgan fingerprint density at radius 1 is 1.12 bits per heavy atom. The summed E-state index contributed by atoms with van der Waals surface area (Å²) < 4.78 is 5.12. The van der Waals surface area contributed by atoms with Gasteiger partial charge in [-0.15, -0.1) is 0 Å². The van der Waals surface area contributed by atoms with Crippen LogP contribution in [-0.4, -0.2) is 15.9 Å². The Labute approximate surface area is 151 Å². The van der Waals surface area contributed by atoms with Gasteiger partial charge in [-0.1, -0.05) is 18.2 Å². The molecule has 0 aliphatic heterocycles. The minimum Gasteiger partial charge on any atom is -0.459 e. The molecule has 0 aliphatic carbocycles. The number of furan rings is 1. The molecule has 2 aromatic heterocycles. The lowest BCUT2D eigenvalue weighted by Crippen LogP contribution is -2.11. The third-order valence-corrected chi connectivity index (χ3v) is 4.27. The SMILES string of the molecule is Cc1ccc2nc(CCc3cccc(NC(=O)c4ccco4)c3)[nH]c2c1. The van der Waals surface area contributed by atoms with E-state index in [4.69, 9.17) is 4.42 Å². The number of aromatic amines is 1. The number of aryl methyl sites for hydroxylation is 3. The van der Waals surface area contributed by atoms with Gasteiger partial charge in [0.2, 0.25) is 0 Å². The quantitative estimate of drug-likeness (QED) is 0.559. The van der Waals surface area contributed by atoms with Crippen molar-refractivity contribution in [3.8, 4) is 0 Å². The molecule has 2 aromatic carbocycles. The average Bonchev–Trinajstić information content (AvgIpc) is 3.29. The Balaban J connectivity index is 1.43. The van der Waals surface area contributed by atoms with Crippen LogP contribution in [0, 0.1) is 6.92 Å². The van der Waals surface area contributed by atoms with Gasteiger partial charge in [0, 0.05) is 12.1 Å². The maximum absolute atomic E-state index is 12.1. The predicted octanol–water partition coefficient (Wildman–Crippen LogP) is 4.50. The molecule has 5 nitrogen and oxygen atoms in total. The van der Waals surface area contributed by atoms with E-state index < -0.39 is 0 Å². The number of amides is 1. The molecule has 26 heavy (non-hydrogen) atoms. The second-order valence-corrected chi connectivity index (χ2v) is 6.34. The number of benzene rings is 2. The van der Waals surface area contributed by atoms with E-state index >= 15 is 0 Å². The van der Waals surface area contributed by atoms with E-state index in [-0.39, 0.29) is 5.91 Å². The summed E-state index contributed by atoms with van der Waals surface area (Å²) in [5.74, 6) is 1.02. The Hall–Kier alpha value is -3.34. The van der Waals surface area contributed by atoms with Crippen LogP contribution < -0.4 is 5.32 Å². The van der Waals surface area contributed by atoms with Crippen LogP contribution in [0.15, 0.2) is 65.3 Å². The highest BCUT2D eigenvalue weighted by Gasteiger charge is 2.09. The summed E-state index contributed by atoms with van der Waals surface area (Å²) >= 11 is 0. The number of H-pyrrole nitrogens is 1. The van der Waals surface area contributed by atoms with E-state index in [9.17, 15) is 4.79 Å². The molecule has 0 atom stereocenters. The first-order chi connectivity index (χ1) is 12.7. The van der Waals surface area contributed by atoms with Crippen molar-refractivity contribution in [1.29, 1.82) is 0 Å². The molecule has 0 saturated carbocycles. The van der Waals surface area contributed by atoms with Crippen molar-refractivity contribution in [1.82, 2.24) is 9.97 Å². The van der Waals surface area contributed by atoms with E-state index in [1.807, 2.05) is 24.3 Å². The van der Waals surface area contributed by atoms with Crippen molar-refractivity contribution in [2.75, 3.05) is 5.32 Å². The fourth-order valence-corrected chi connectivity index (χ4v) is 2.96. The van der Waals surface area contributed by atoms with Crippen LogP contribution in [0.3, 0.4) is 0 Å². The van der Waals surface area contributed by atoms with E-state index in [1.54, 1.807) is 12.1 Å². The molecule has 0 unspecified atom stereocenters. The molecular weight excluding hydrogens is 326 g/mol. The zero-order valence-electron chi connectivity index (χ0n) is 14.5. The van der Waals surface area contributed by atoms with Gasteiger partial charge in [-0.3, -0.25) is 4.79 Å². The van der Waals surface area contributed by atoms with Crippen molar-refractivity contribution in [3.63, 3.8) is 0 Å². The summed E-state index contributed by atoms with van der Waals surface area (Å²) in [7, 11) is 0. The molecule has 4 aromatic rings. The van der Waals surface area contributed by atoms with Crippen molar-refractivity contribution >= 4 is 22.6 Å². The summed E-state index contributed by atoms with van der Waals surface area (Å²) in [6.45, 7) is 2.07. The number of nitrogens with zero attached hydrogens (tertiary/aromatic N) is 1. The van der Waals surface area contributed by atoms with Crippen molar-refractivity contribution in [2.45, 2.75) is 19.8 Å². The molecule has 2 heterocycles. The van der Waals surface area contributed by atoms with E-state index in [0.717, 1.165) is 41.0 Å². The number of hydrogen-bond acceptors (Lipinski definition) is 3. The maximum atomic E-state index is 12.1. The lowest BCUT2D eigenvalue weighted by molar-refractivity contribution is 0.0996. The molecule has 5 heteroatoms. The molecule has 0 fully saturated rings. The third kappa shape index (κ3) is 3.52.